The number of aliphatic carboxylic acids is 1. The number of benzene rings is 1. The average molecular weight is 289 g/mol. The van der Waals surface area contributed by atoms with E-state index in [9.17, 15) is 4.79 Å². The van der Waals surface area contributed by atoms with Gasteiger partial charge in [0.15, 0.2) is 0 Å². The summed E-state index contributed by atoms with van der Waals surface area (Å²) in [7, 11) is 0. The lowest BCUT2D eigenvalue weighted by Crippen LogP contribution is -2.31. The van der Waals surface area contributed by atoms with E-state index in [4.69, 9.17) is 9.84 Å². The summed E-state index contributed by atoms with van der Waals surface area (Å²) in [6.07, 6.45) is 5.48. The van der Waals surface area contributed by atoms with Crippen molar-refractivity contribution in [3.63, 3.8) is 0 Å². The molecule has 0 amide bonds. The van der Waals surface area contributed by atoms with Crippen LogP contribution in [-0.2, 0) is 16.1 Å². The van der Waals surface area contributed by atoms with Crippen molar-refractivity contribution in [1.29, 1.82) is 0 Å². The first kappa shape index (κ1) is 15.7. The SMILES string of the molecule is CCN(Cc1ccc(C=CC(=O)O)cc1)CC1CCCO1. The van der Waals surface area contributed by atoms with E-state index in [0.717, 1.165) is 44.3 Å². The van der Waals surface area contributed by atoms with Crippen molar-refractivity contribution >= 4 is 12.0 Å². The zero-order valence-electron chi connectivity index (χ0n) is 12.5. The highest BCUT2D eigenvalue weighted by atomic mass is 16.5. The zero-order valence-corrected chi connectivity index (χ0v) is 12.5. The Hall–Kier alpha value is -1.65. The van der Waals surface area contributed by atoms with Crippen LogP contribution >= 0.6 is 0 Å². The number of carboxylic acid groups (broad SMARTS) is 1. The van der Waals surface area contributed by atoms with E-state index in [-0.39, 0.29) is 0 Å². The molecule has 0 aliphatic carbocycles. The molecule has 1 fully saturated rings. The summed E-state index contributed by atoms with van der Waals surface area (Å²) in [5.41, 5.74) is 2.14. The predicted molar refractivity (Wildman–Crippen MR) is 83.0 cm³/mol. The quantitative estimate of drug-likeness (QED) is 0.784. The molecule has 2 rings (SSSR count). The molecule has 114 valence electrons. The molecule has 0 saturated carbocycles. The Labute approximate surface area is 126 Å². The van der Waals surface area contributed by atoms with Crippen LogP contribution in [0.15, 0.2) is 30.3 Å². The monoisotopic (exact) mass is 289 g/mol. The largest absolute Gasteiger partial charge is 0.478 e. The smallest absolute Gasteiger partial charge is 0.328 e. The summed E-state index contributed by atoms with van der Waals surface area (Å²) in [6.45, 7) is 5.95. The number of likely N-dealkylation sites (N-methyl/N-ethyl adjacent to an activating group) is 1. The molecule has 1 unspecified atom stereocenters. The van der Waals surface area contributed by atoms with Crippen LogP contribution in [0.2, 0.25) is 0 Å². The zero-order chi connectivity index (χ0) is 15.1. The second kappa shape index (κ2) is 7.96. The molecule has 1 N–H and O–H groups in total. The summed E-state index contributed by atoms with van der Waals surface area (Å²) in [5.74, 6) is -0.923. The predicted octanol–water partition coefficient (Wildman–Crippen LogP) is 2.79. The lowest BCUT2D eigenvalue weighted by Gasteiger charge is -2.23. The Morgan fingerprint density at radius 3 is 2.76 bits per heavy atom. The molecule has 1 aliphatic rings. The van der Waals surface area contributed by atoms with Gasteiger partial charge in [0.2, 0.25) is 0 Å². The van der Waals surface area contributed by atoms with Gasteiger partial charge in [0, 0.05) is 25.8 Å². The minimum absolute atomic E-state index is 0.378. The van der Waals surface area contributed by atoms with Gasteiger partial charge in [-0.1, -0.05) is 31.2 Å². The first-order chi connectivity index (χ1) is 10.2. The van der Waals surface area contributed by atoms with E-state index in [1.807, 2.05) is 12.1 Å². The maximum absolute atomic E-state index is 10.5. The standard InChI is InChI=1S/C17H23NO3/c1-2-18(13-16-4-3-11-21-16)12-15-7-5-14(6-8-15)9-10-17(19)20/h5-10,16H,2-4,11-13H2,1H3,(H,19,20). The molecule has 1 heterocycles. The number of nitrogens with zero attached hydrogens (tertiary/aromatic N) is 1. The van der Waals surface area contributed by atoms with E-state index < -0.39 is 5.97 Å². The summed E-state index contributed by atoms with van der Waals surface area (Å²) < 4.78 is 5.69. The van der Waals surface area contributed by atoms with Gasteiger partial charge >= 0.3 is 5.97 Å². The highest BCUT2D eigenvalue weighted by Gasteiger charge is 2.18. The third-order valence-electron chi connectivity index (χ3n) is 3.74. The fraction of sp³-hybridized carbons (Fsp3) is 0.471. The average Bonchev–Trinajstić information content (AvgIpc) is 2.98. The van der Waals surface area contributed by atoms with Crippen LogP contribution in [0.1, 0.15) is 30.9 Å². The van der Waals surface area contributed by atoms with Gasteiger partial charge < -0.3 is 9.84 Å². The van der Waals surface area contributed by atoms with Crippen LogP contribution in [0.5, 0.6) is 0 Å². The number of hydrogen-bond acceptors (Lipinski definition) is 3. The molecular weight excluding hydrogens is 266 g/mol. The summed E-state index contributed by atoms with van der Waals surface area (Å²) in [4.78, 5) is 12.9. The van der Waals surface area contributed by atoms with Crippen LogP contribution in [-0.4, -0.2) is 41.8 Å². The van der Waals surface area contributed by atoms with Gasteiger partial charge in [-0.3, -0.25) is 4.90 Å². The van der Waals surface area contributed by atoms with Gasteiger partial charge in [-0.25, -0.2) is 4.79 Å². The fourth-order valence-electron chi connectivity index (χ4n) is 2.54. The molecule has 1 saturated heterocycles. The summed E-state index contributed by atoms with van der Waals surface area (Å²) >= 11 is 0. The van der Waals surface area contributed by atoms with Crippen molar-refractivity contribution in [1.82, 2.24) is 4.90 Å². The fourth-order valence-corrected chi connectivity index (χ4v) is 2.54. The van der Waals surface area contributed by atoms with E-state index in [1.165, 1.54) is 12.0 Å². The molecule has 4 nitrogen and oxygen atoms in total. The van der Waals surface area contributed by atoms with Crippen molar-refractivity contribution in [2.45, 2.75) is 32.4 Å². The van der Waals surface area contributed by atoms with Gasteiger partial charge in [-0.05, 0) is 36.6 Å². The van der Waals surface area contributed by atoms with Crippen molar-refractivity contribution in [3.05, 3.63) is 41.5 Å². The molecule has 0 radical (unpaired) electrons. The minimum atomic E-state index is -0.923. The number of rotatable bonds is 7. The van der Waals surface area contributed by atoms with Crippen molar-refractivity contribution in [2.75, 3.05) is 19.7 Å². The number of carboxylic acids is 1. The lowest BCUT2D eigenvalue weighted by atomic mass is 10.1. The molecule has 0 aromatic heterocycles. The van der Waals surface area contributed by atoms with Crippen LogP contribution in [0.4, 0.5) is 0 Å². The van der Waals surface area contributed by atoms with Gasteiger partial charge in [-0.15, -0.1) is 0 Å². The Balaban J connectivity index is 1.89. The normalized spacial score (nSPS) is 18.7. The summed E-state index contributed by atoms with van der Waals surface area (Å²) in [6, 6.07) is 8.02. The molecule has 1 aromatic rings. The number of ether oxygens (including phenoxy) is 1. The highest BCUT2D eigenvalue weighted by molar-refractivity contribution is 5.85. The Morgan fingerprint density at radius 2 is 2.19 bits per heavy atom. The van der Waals surface area contributed by atoms with E-state index in [0.29, 0.717) is 6.10 Å². The topological polar surface area (TPSA) is 49.8 Å². The van der Waals surface area contributed by atoms with Crippen LogP contribution in [0, 0.1) is 0 Å². The van der Waals surface area contributed by atoms with Crippen LogP contribution < -0.4 is 0 Å². The molecule has 0 spiro atoms. The minimum Gasteiger partial charge on any atom is -0.478 e. The van der Waals surface area contributed by atoms with E-state index in [2.05, 4.69) is 24.0 Å². The molecule has 1 aromatic carbocycles. The van der Waals surface area contributed by atoms with Crippen molar-refractivity contribution in [2.24, 2.45) is 0 Å². The van der Waals surface area contributed by atoms with Crippen molar-refractivity contribution in [3.8, 4) is 0 Å². The maximum atomic E-state index is 10.5. The second-order valence-corrected chi connectivity index (χ2v) is 5.38. The number of hydrogen-bond donors (Lipinski definition) is 1. The van der Waals surface area contributed by atoms with Gasteiger partial charge in [-0.2, -0.15) is 0 Å². The maximum Gasteiger partial charge on any atom is 0.328 e. The van der Waals surface area contributed by atoms with Gasteiger partial charge in [0.1, 0.15) is 0 Å². The second-order valence-electron chi connectivity index (χ2n) is 5.38. The molecule has 0 bridgehead atoms. The third kappa shape index (κ3) is 5.33. The first-order valence-electron chi connectivity index (χ1n) is 7.51. The van der Waals surface area contributed by atoms with Crippen molar-refractivity contribution < 1.29 is 14.6 Å². The number of carbonyl (C=O) groups is 1. The Bertz CT molecular complexity index is 475. The van der Waals surface area contributed by atoms with Gasteiger partial charge in [0.25, 0.3) is 0 Å². The molecule has 4 heteroatoms. The summed E-state index contributed by atoms with van der Waals surface area (Å²) in [5, 5.41) is 8.61. The van der Waals surface area contributed by atoms with Crippen LogP contribution in [0.3, 0.4) is 0 Å². The van der Waals surface area contributed by atoms with E-state index >= 15 is 0 Å². The Kier molecular flexibility index (Phi) is 5.96. The molecule has 1 aliphatic heterocycles. The van der Waals surface area contributed by atoms with Gasteiger partial charge in [0.05, 0.1) is 6.10 Å². The molecular formula is C17H23NO3. The third-order valence-corrected chi connectivity index (χ3v) is 3.74. The van der Waals surface area contributed by atoms with Crippen LogP contribution in [0.25, 0.3) is 6.08 Å². The Morgan fingerprint density at radius 1 is 1.43 bits per heavy atom. The lowest BCUT2D eigenvalue weighted by molar-refractivity contribution is -0.131. The highest BCUT2D eigenvalue weighted by Crippen LogP contribution is 2.15. The van der Waals surface area contributed by atoms with E-state index in [1.54, 1.807) is 6.08 Å². The molecule has 1 atom stereocenters. The molecule has 21 heavy (non-hydrogen) atoms. The first-order valence-corrected chi connectivity index (χ1v) is 7.51.